The van der Waals surface area contributed by atoms with Gasteiger partial charge in [0, 0.05) is 19.6 Å². The Labute approximate surface area is 224 Å². The van der Waals surface area contributed by atoms with Gasteiger partial charge in [0.05, 0.1) is 17.5 Å². The molecule has 0 spiro atoms. The van der Waals surface area contributed by atoms with Crippen molar-refractivity contribution in [2.24, 2.45) is 0 Å². The monoisotopic (exact) mass is 538 g/mol. The maximum absolute atomic E-state index is 12.9. The molecule has 1 aromatic carbocycles. The van der Waals surface area contributed by atoms with E-state index in [9.17, 15) is 14.9 Å². The van der Waals surface area contributed by atoms with E-state index < -0.39 is 29.7 Å². The van der Waals surface area contributed by atoms with E-state index in [1.165, 1.54) is 16.2 Å². The minimum absolute atomic E-state index is 0.0180. The van der Waals surface area contributed by atoms with Crippen LogP contribution in [0.2, 0.25) is 0 Å². The van der Waals surface area contributed by atoms with Gasteiger partial charge in [-0.2, -0.15) is 5.26 Å². The number of anilines is 1. The molecular formula is C26H30N6O5S. The number of thiophene rings is 1. The van der Waals surface area contributed by atoms with Crippen molar-refractivity contribution >= 4 is 29.4 Å². The first-order chi connectivity index (χ1) is 18.1. The Balaban J connectivity index is 1.35. The molecule has 0 aliphatic carbocycles. The molecule has 2 aromatic heterocycles. The number of carbonyl (C=O) groups is 2. The number of nitrogens with one attached hydrogen (secondary N) is 1. The number of hydrogen-bond donors (Lipinski definition) is 2. The molecule has 0 bridgehead atoms. The lowest BCUT2D eigenvalue weighted by Crippen LogP contribution is -2.48. The van der Waals surface area contributed by atoms with Crippen LogP contribution in [0.25, 0.3) is 21.9 Å². The lowest BCUT2D eigenvalue weighted by atomic mass is 10.0. The molecule has 12 heteroatoms. The van der Waals surface area contributed by atoms with Crippen LogP contribution in [0, 0.1) is 11.3 Å². The average Bonchev–Trinajstić information content (AvgIpc) is 3.45. The van der Waals surface area contributed by atoms with E-state index in [0.717, 1.165) is 21.6 Å². The molecular weight excluding hydrogens is 508 g/mol. The van der Waals surface area contributed by atoms with Gasteiger partial charge in [-0.15, -0.1) is 16.4 Å². The van der Waals surface area contributed by atoms with Crippen molar-refractivity contribution in [1.29, 1.82) is 5.26 Å². The van der Waals surface area contributed by atoms with Gasteiger partial charge in [-0.3, -0.25) is 4.79 Å². The Morgan fingerprint density at radius 3 is 2.71 bits per heavy atom. The summed E-state index contributed by atoms with van der Waals surface area (Å²) in [6.45, 7) is 6.20. The summed E-state index contributed by atoms with van der Waals surface area (Å²) in [7, 11) is 0. The number of carbonyl (C=O) groups excluding carboxylic acids is 2. The Kier molecular flexibility index (Phi) is 8.29. The molecule has 3 aromatic rings. The number of nitrogens with two attached hydrogens (primary N) is 1. The van der Waals surface area contributed by atoms with Gasteiger partial charge in [-0.05, 0) is 55.3 Å². The van der Waals surface area contributed by atoms with Crippen LogP contribution in [0.15, 0.2) is 40.1 Å². The summed E-state index contributed by atoms with van der Waals surface area (Å²) in [5.74, 6) is -0.0640. The van der Waals surface area contributed by atoms with Crippen LogP contribution in [-0.4, -0.2) is 64.5 Å². The highest BCUT2D eigenvalue weighted by Crippen LogP contribution is 2.32. The zero-order chi connectivity index (χ0) is 27.3. The summed E-state index contributed by atoms with van der Waals surface area (Å²) in [4.78, 5) is 27.7. The average molecular weight is 539 g/mol. The van der Waals surface area contributed by atoms with Crippen LogP contribution in [0.5, 0.6) is 0 Å². The number of nitrogens with zero attached hydrogens (tertiary/aromatic N) is 4. The van der Waals surface area contributed by atoms with E-state index in [4.69, 9.17) is 19.6 Å². The third-order valence-electron chi connectivity index (χ3n) is 5.67. The second kappa shape index (κ2) is 11.6. The van der Waals surface area contributed by atoms with Crippen LogP contribution >= 0.6 is 11.3 Å². The smallest absolute Gasteiger partial charge is 0.410 e. The number of ether oxygens (including phenoxy) is 2. The van der Waals surface area contributed by atoms with Gasteiger partial charge in [0.15, 0.2) is 6.10 Å². The van der Waals surface area contributed by atoms with Crippen molar-refractivity contribution in [3.05, 3.63) is 41.3 Å². The topological polar surface area (TPSA) is 157 Å². The van der Waals surface area contributed by atoms with E-state index in [2.05, 4.69) is 21.6 Å². The first-order valence-corrected chi connectivity index (χ1v) is 13.1. The van der Waals surface area contributed by atoms with Crippen LogP contribution < -0.4 is 11.1 Å². The second-order valence-corrected chi connectivity index (χ2v) is 10.8. The van der Waals surface area contributed by atoms with E-state index in [1.807, 2.05) is 35.7 Å². The molecule has 1 saturated heterocycles. The Hall–Kier alpha value is -3.95. The minimum atomic E-state index is -0.884. The second-order valence-electron chi connectivity index (χ2n) is 9.88. The molecule has 2 atom stereocenters. The zero-order valence-electron chi connectivity index (χ0n) is 21.5. The fourth-order valence-corrected chi connectivity index (χ4v) is 4.71. The Bertz CT molecular complexity index is 1310. The first-order valence-electron chi connectivity index (χ1n) is 12.2. The van der Waals surface area contributed by atoms with Crippen molar-refractivity contribution in [3.8, 4) is 28.0 Å². The number of nitrogen functional groups attached to an aromatic ring is 1. The van der Waals surface area contributed by atoms with Gasteiger partial charge in [0.25, 0.3) is 11.8 Å². The highest BCUT2D eigenvalue weighted by Gasteiger charge is 2.31. The fraction of sp³-hybridized carbons (Fsp3) is 0.423. The van der Waals surface area contributed by atoms with Crippen LogP contribution in [-0.2, 0) is 20.7 Å². The van der Waals surface area contributed by atoms with Crippen LogP contribution in [0.3, 0.4) is 0 Å². The molecule has 4 rings (SSSR count). The third kappa shape index (κ3) is 7.08. The highest BCUT2D eigenvalue weighted by atomic mass is 32.1. The molecule has 3 N–H and O–H groups in total. The van der Waals surface area contributed by atoms with E-state index >= 15 is 0 Å². The quantitative estimate of drug-likeness (QED) is 0.478. The summed E-state index contributed by atoms with van der Waals surface area (Å²) in [5.41, 5.74) is 7.72. The number of benzene rings is 1. The molecule has 38 heavy (non-hydrogen) atoms. The van der Waals surface area contributed by atoms with E-state index in [-0.39, 0.29) is 12.6 Å². The van der Waals surface area contributed by atoms with Gasteiger partial charge in [0.1, 0.15) is 11.6 Å². The largest absolute Gasteiger partial charge is 0.444 e. The number of hydrogen-bond acceptors (Lipinski definition) is 10. The van der Waals surface area contributed by atoms with Gasteiger partial charge in [0.2, 0.25) is 0 Å². The number of rotatable bonds is 6. The van der Waals surface area contributed by atoms with Crippen LogP contribution in [0.1, 0.15) is 32.8 Å². The third-order valence-corrected chi connectivity index (χ3v) is 6.59. The highest BCUT2D eigenvalue weighted by molar-refractivity contribution is 7.13. The van der Waals surface area contributed by atoms with E-state index in [0.29, 0.717) is 31.9 Å². The molecule has 0 radical (unpaired) electrons. The summed E-state index contributed by atoms with van der Waals surface area (Å²) >= 11 is 1.47. The molecule has 0 unspecified atom stereocenters. The number of nitriles is 1. The van der Waals surface area contributed by atoms with Gasteiger partial charge in [-0.25, -0.2) is 4.79 Å². The molecule has 200 valence electrons. The predicted octanol–water partition coefficient (Wildman–Crippen LogP) is 3.62. The molecule has 2 amide bonds. The van der Waals surface area contributed by atoms with Crippen molar-refractivity contribution in [2.45, 2.75) is 51.4 Å². The lowest BCUT2D eigenvalue weighted by Gasteiger charge is -2.27. The predicted molar refractivity (Wildman–Crippen MR) is 141 cm³/mol. The van der Waals surface area contributed by atoms with E-state index in [1.54, 1.807) is 20.8 Å². The maximum Gasteiger partial charge on any atom is 0.410 e. The summed E-state index contributed by atoms with van der Waals surface area (Å²) in [6.07, 6.45) is -0.464. The van der Waals surface area contributed by atoms with Crippen molar-refractivity contribution in [1.82, 2.24) is 20.4 Å². The van der Waals surface area contributed by atoms with Crippen molar-refractivity contribution < 1.29 is 23.5 Å². The molecule has 3 heterocycles. The zero-order valence-corrected chi connectivity index (χ0v) is 22.3. The standard InChI is InChI=1S/C26H30N6O5S/c1-26(2,3)37-25(34)32-9-4-10-35-20(14-32)22(33)29-19(13-27)11-16-5-7-17(8-6-16)18-12-21(38-15-18)23-30-31-24(28)36-23/h5-8,12,15,19-20H,4,9-11,14H2,1-3H3,(H2,28,31)(H,29,33)/t19-,20-/m0/s1. The summed E-state index contributed by atoms with van der Waals surface area (Å²) < 4.78 is 16.4. The normalized spacial score (nSPS) is 16.8. The summed E-state index contributed by atoms with van der Waals surface area (Å²) in [5, 5.41) is 22.0. The maximum atomic E-state index is 12.9. The van der Waals surface area contributed by atoms with Crippen molar-refractivity contribution in [3.63, 3.8) is 0 Å². The number of amides is 2. The Morgan fingerprint density at radius 1 is 1.29 bits per heavy atom. The Morgan fingerprint density at radius 2 is 2.05 bits per heavy atom. The summed E-state index contributed by atoms with van der Waals surface area (Å²) in [6, 6.07) is 11.1. The van der Waals surface area contributed by atoms with Crippen molar-refractivity contribution in [2.75, 3.05) is 25.4 Å². The SMILES string of the molecule is CC(C)(C)OC(=O)N1CCCO[C@H](C(=O)N[C@H](C#N)Cc2ccc(-c3csc(-c4nnc(N)o4)c3)cc2)C1. The fourth-order valence-electron chi connectivity index (χ4n) is 3.87. The number of aromatic nitrogens is 2. The molecule has 1 aliphatic rings. The van der Waals surface area contributed by atoms with Gasteiger partial charge < -0.3 is 29.8 Å². The van der Waals surface area contributed by atoms with Gasteiger partial charge >= 0.3 is 12.1 Å². The molecule has 1 aliphatic heterocycles. The lowest BCUT2D eigenvalue weighted by molar-refractivity contribution is -0.133. The van der Waals surface area contributed by atoms with Crippen LogP contribution in [0.4, 0.5) is 10.8 Å². The minimum Gasteiger partial charge on any atom is -0.444 e. The molecule has 1 fully saturated rings. The first kappa shape index (κ1) is 27.1. The molecule has 11 nitrogen and oxygen atoms in total. The molecule has 0 saturated carbocycles. The van der Waals surface area contributed by atoms with Gasteiger partial charge in [-0.1, -0.05) is 29.4 Å².